The lowest BCUT2D eigenvalue weighted by Gasteiger charge is -2.35. The fraction of sp³-hybridized carbons (Fsp3) is 0.708. The number of halogens is 1. The van der Waals surface area contributed by atoms with E-state index in [0.717, 1.165) is 78.0 Å². The summed E-state index contributed by atoms with van der Waals surface area (Å²) in [7, 11) is 0. The molecule has 2 unspecified atom stereocenters. The van der Waals surface area contributed by atoms with Gasteiger partial charge in [0, 0.05) is 52.4 Å². The monoisotopic (exact) mass is 559 g/mol. The van der Waals surface area contributed by atoms with E-state index in [4.69, 9.17) is 14.5 Å². The predicted molar refractivity (Wildman–Crippen MR) is 142 cm³/mol. The van der Waals surface area contributed by atoms with Gasteiger partial charge in [-0.1, -0.05) is 24.3 Å². The smallest absolute Gasteiger partial charge is 0.191 e. The number of guanidine groups is 1. The van der Waals surface area contributed by atoms with Gasteiger partial charge >= 0.3 is 0 Å². The molecule has 1 aromatic rings. The van der Waals surface area contributed by atoms with E-state index in [1.165, 1.54) is 11.1 Å². The fourth-order valence-electron chi connectivity index (χ4n) is 4.35. The summed E-state index contributed by atoms with van der Waals surface area (Å²) >= 11 is 0. The molecule has 2 heterocycles. The highest BCUT2D eigenvalue weighted by Crippen LogP contribution is 2.14. The molecule has 2 aliphatic rings. The Morgan fingerprint density at radius 2 is 1.72 bits per heavy atom. The second-order valence-corrected chi connectivity index (χ2v) is 8.65. The van der Waals surface area contributed by atoms with Crippen LogP contribution in [0.2, 0.25) is 0 Å². The van der Waals surface area contributed by atoms with Crippen molar-refractivity contribution < 1.29 is 9.47 Å². The first-order chi connectivity index (χ1) is 15.1. The maximum Gasteiger partial charge on any atom is 0.191 e. The van der Waals surface area contributed by atoms with Gasteiger partial charge < -0.3 is 20.1 Å². The van der Waals surface area contributed by atoms with Crippen molar-refractivity contribution in [1.29, 1.82) is 0 Å². The lowest BCUT2D eigenvalue weighted by molar-refractivity contribution is -0.0679. The summed E-state index contributed by atoms with van der Waals surface area (Å²) in [6, 6.07) is 8.66. The van der Waals surface area contributed by atoms with Gasteiger partial charge in [0.2, 0.25) is 0 Å². The number of aliphatic imine (C=N–C) groups is 1. The molecule has 8 heteroatoms. The molecule has 3 rings (SSSR count). The molecule has 0 amide bonds. The Hall–Kier alpha value is -0.940. The number of nitrogens with zero attached hydrogens (tertiary/aromatic N) is 3. The van der Waals surface area contributed by atoms with Crippen LogP contribution in [0.1, 0.15) is 38.3 Å². The average molecular weight is 560 g/mol. The van der Waals surface area contributed by atoms with Crippen molar-refractivity contribution in [3.05, 3.63) is 35.4 Å². The lowest BCUT2D eigenvalue weighted by atomic mass is 10.1. The van der Waals surface area contributed by atoms with Crippen molar-refractivity contribution in [2.45, 2.75) is 52.5 Å². The third kappa shape index (κ3) is 9.51. The first-order valence-corrected chi connectivity index (χ1v) is 11.9. The van der Waals surface area contributed by atoms with Crippen LogP contribution in [0.5, 0.6) is 0 Å². The SMILES string of the molecule is CCNC(=NCc1ccccc1CN1CCOCC1)NCCCN1CC(C)OC(C)C1.I. The fourth-order valence-corrected chi connectivity index (χ4v) is 4.35. The highest BCUT2D eigenvalue weighted by Gasteiger charge is 2.21. The van der Waals surface area contributed by atoms with Gasteiger partial charge in [-0.2, -0.15) is 0 Å². The van der Waals surface area contributed by atoms with Crippen LogP contribution >= 0.6 is 24.0 Å². The normalized spacial score (nSPS) is 22.9. The Bertz CT molecular complexity index is 674. The number of ether oxygens (including phenoxy) is 2. The molecule has 182 valence electrons. The van der Waals surface area contributed by atoms with Crippen LogP contribution in [0.3, 0.4) is 0 Å². The predicted octanol–water partition coefficient (Wildman–Crippen LogP) is 2.69. The molecule has 0 radical (unpaired) electrons. The van der Waals surface area contributed by atoms with Crippen LogP contribution in [0.25, 0.3) is 0 Å². The zero-order valence-corrected chi connectivity index (χ0v) is 22.3. The summed E-state index contributed by atoms with van der Waals surface area (Å²) < 4.78 is 11.3. The second kappa shape index (κ2) is 15.1. The van der Waals surface area contributed by atoms with Gasteiger partial charge in [0.15, 0.2) is 5.96 Å². The van der Waals surface area contributed by atoms with Gasteiger partial charge in [0.1, 0.15) is 0 Å². The number of nitrogens with one attached hydrogen (secondary N) is 2. The number of hydrogen-bond acceptors (Lipinski definition) is 5. The number of rotatable bonds is 9. The number of morpholine rings is 2. The highest BCUT2D eigenvalue weighted by atomic mass is 127. The maximum atomic E-state index is 5.83. The molecule has 7 nitrogen and oxygen atoms in total. The minimum Gasteiger partial charge on any atom is -0.379 e. The molecule has 0 bridgehead atoms. The maximum absolute atomic E-state index is 5.83. The average Bonchev–Trinajstić information content (AvgIpc) is 2.76. The van der Waals surface area contributed by atoms with Crippen LogP contribution in [-0.4, -0.2) is 87.0 Å². The van der Waals surface area contributed by atoms with Crippen molar-refractivity contribution in [3.8, 4) is 0 Å². The Morgan fingerprint density at radius 3 is 2.41 bits per heavy atom. The van der Waals surface area contributed by atoms with Crippen LogP contribution < -0.4 is 10.6 Å². The molecular weight excluding hydrogens is 517 g/mol. The molecule has 0 spiro atoms. The van der Waals surface area contributed by atoms with Crippen molar-refractivity contribution in [2.75, 3.05) is 59.0 Å². The zero-order valence-electron chi connectivity index (χ0n) is 20.0. The van der Waals surface area contributed by atoms with E-state index in [1.807, 2.05) is 0 Å². The molecular formula is C24H42IN5O2. The van der Waals surface area contributed by atoms with Gasteiger partial charge in [-0.05, 0) is 38.3 Å². The van der Waals surface area contributed by atoms with Crippen LogP contribution in [0.4, 0.5) is 0 Å². The third-order valence-corrected chi connectivity index (χ3v) is 5.81. The van der Waals surface area contributed by atoms with Gasteiger partial charge in [-0.25, -0.2) is 4.99 Å². The van der Waals surface area contributed by atoms with E-state index in [9.17, 15) is 0 Å². The first-order valence-electron chi connectivity index (χ1n) is 11.9. The summed E-state index contributed by atoms with van der Waals surface area (Å²) in [5.74, 6) is 0.896. The molecule has 32 heavy (non-hydrogen) atoms. The summed E-state index contributed by atoms with van der Waals surface area (Å²) in [5.41, 5.74) is 2.65. The van der Waals surface area contributed by atoms with Crippen LogP contribution in [-0.2, 0) is 22.6 Å². The molecule has 2 saturated heterocycles. The molecule has 0 saturated carbocycles. The van der Waals surface area contributed by atoms with E-state index in [-0.39, 0.29) is 24.0 Å². The summed E-state index contributed by atoms with van der Waals surface area (Å²) in [5, 5.41) is 6.89. The Labute approximate surface area is 211 Å². The van der Waals surface area contributed by atoms with Crippen molar-refractivity contribution in [1.82, 2.24) is 20.4 Å². The number of hydrogen-bond donors (Lipinski definition) is 2. The minimum absolute atomic E-state index is 0. The first kappa shape index (κ1) is 27.3. The largest absolute Gasteiger partial charge is 0.379 e. The van der Waals surface area contributed by atoms with Crippen LogP contribution in [0.15, 0.2) is 29.3 Å². The third-order valence-electron chi connectivity index (χ3n) is 5.81. The van der Waals surface area contributed by atoms with Crippen molar-refractivity contribution >= 4 is 29.9 Å². The molecule has 1 aromatic carbocycles. The lowest BCUT2D eigenvalue weighted by Crippen LogP contribution is -2.46. The second-order valence-electron chi connectivity index (χ2n) is 8.65. The topological polar surface area (TPSA) is 61.4 Å². The highest BCUT2D eigenvalue weighted by molar-refractivity contribution is 14.0. The van der Waals surface area contributed by atoms with E-state index in [1.54, 1.807) is 0 Å². The molecule has 0 aliphatic carbocycles. The quantitative estimate of drug-likeness (QED) is 0.210. The van der Waals surface area contributed by atoms with Crippen molar-refractivity contribution in [3.63, 3.8) is 0 Å². The molecule has 0 aromatic heterocycles. The molecule has 2 aliphatic heterocycles. The van der Waals surface area contributed by atoms with E-state index in [2.05, 4.69) is 65.5 Å². The zero-order chi connectivity index (χ0) is 21.9. The number of benzene rings is 1. The molecule has 2 N–H and O–H groups in total. The summed E-state index contributed by atoms with van der Waals surface area (Å²) in [6.07, 6.45) is 1.75. The van der Waals surface area contributed by atoms with Crippen molar-refractivity contribution in [2.24, 2.45) is 4.99 Å². The minimum atomic E-state index is 0. The van der Waals surface area contributed by atoms with Gasteiger partial charge in [0.25, 0.3) is 0 Å². The van der Waals surface area contributed by atoms with E-state index in [0.29, 0.717) is 18.8 Å². The van der Waals surface area contributed by atoms with E-state index < -0.39 is 0 Å². The van der Waals surface area contributed by atoms with E-state index >= 15 is 0 Å². The van der Waals surface area contributed by atoms with Gasteiger partial charge in [-0.3, -0.25) is 9.80 Å². The Balaban J connectivity index is 0.00000363. The Morgan fingerprint density at radius 1 is 1.03 bits per heavy atom. The van der Waals surface area contributed by atoms with Crippen LogP contribution in [0, 0.1) is 0 Å². The molecule has 2 fully saturated rings. The standard InChI is InChI=1S/C24H41N5O2.HI/c1-4-25-24(26-10-7-11-29-17-20(2)31-21(3)18-29)27-16-22-8-5-6-9-23(22)19-28-12-14-30-15-13-28;/h5-6,8-9,20-21H,4,7,10-19H2,1-3H3,(H2,25,26,27);1H. The summed E-state index contributed by atoms with van der Waals surface area (Å²) in [4.78, 5) is 9.83. The van der Waals surface area contributed by atoms with Gasteiger partial charge in [-0.15, -0.1) is 24.0 Å². The molecule has 2 atom stereocenters. The Kier molecular flexibility index (Phi) is 12.8. The van der Waals surface area contributed by atoms with Gasteiger partial charge in [0.05, 0.1) is 32.0 Å². The summed E-state index contributed by atoms with van der Waals surface area (Å²) in [6.45, 7) is 16.7.